The highest BCUT2D eigenvalue weighted by molar-refractivity contribution is 5.99. The Morgan fingerprint density at radius 2 is 2.00 bits per heavy atom. The molecule has 0 aromatic carbocycles. The zero-order valence-electron chi connectivity index (χ0n) is 11.5. The van der Waals surface area contributed by atoms with Crippen LogP contribution in [0.4, 0.5) is 5.82 Å². The van der Waals surface area contributed by atoms with Gasteiger partial charge >= 0.3 is 0 Å². The summed E-state index contributed by atoms with van der Waals surface area (Å²) in [6.45, 7) is 5.99. The van der Waals surface area contributed by atoms with E-state index in [1.807, 2.05) is 17.0 Å². The molecule has 2 saturated heterocycles. The van der Waals surface area contributed by atoms with Crippen molar-refractivity contribution < 1.29 is 4.79 Å². The van der Waals surface area contributed by atoms with E-state index in [2.05, 4.69) is 16.8 Å². The molecule has 102 valence electrons. The predicted molar refractivity (Wildman–Crippen MR) is 75.4 cm³/mol. The van der Waals surface area contributed by atoms with Gasteiger partial charge in [0, 0.05) is 32.4 Å². The van der Waals surface area contributed by atoms with E-state index in [-0.39, 0.29) is 5.91 Å². The molecule has 0 saturated carbocycles. The predicted octanol–water partition coefficient (Wildman–Crippen LogP) is 2.16. The summed E-state index contributed by atoms with van der Waals surface area (Å²) in [6, 6.07) is 3.78. The molecule has 3 heterocycles. The average Bonchev–Trinajstić information content (AvgIpc) is 2.44. The van der Waals surface area contributed by atoms with Gasteiger partial charge in [-0.05, 0) is 37.3 Å². The van der Waals surface area contributed by atoms with Crippen LogP contribution in [0, 0.1) is 5.92 Å². The largest absolute Gasteiger partial charge is 0.356 e. The quantitative estimate of drug-likeness (QED) is 0.816. The van der Waals surface area contributed by atoms with E-state index in [0.717, 1.165) is 37.6 Å². The van der Waals surface area contributed by atoms with Crippen LogP contribution < -0.4 is 4.90 Å². The summed E-state index contributed by atoms with van der Waals surface area (Å²) in [5.41, 5.74) is 0.774. The number of amides is 1. The molecule has 2 aliphatic heterocycles. The number of anilines is 1. The molecule has 3 rings (SSSR count). The van der Waals surface area contributed by atoms with Crippen LogP contribution >= 0.6 is 0 Å². The van der Waals surface area contributed by atoms with Gasteiger partial charge in [0.15, 0.2) is 0 Å². The van der Waals surface area contributed by atoms with E-state index >= 15 is 0 Å². The van der Waals surface area contributed by atoms with Crippen LogP contribution in [-0.4, -0.2) is 42.0 Å². The fraction of sp³-hybridized carbons (Fsp3) is 0.600. The van der Waals surface area contributed by atoms with Gasteiger partial charge in [-0.25, -0.2) is 4.98 Å². The highest BCUT2D eigenvalue weighted by Crippen LogP contribution is 2.25. The lowest BCUT2D eigenvalue weighted by atomic mass is 10.0. The first-order valence-corrected chi connectivity index (χ1v) is 7.25. The summed E-state index contributed by atoms with van der Waals surface area (Å²) in [6.07, 6.45) is 5.48. The Balaban J connectivity index is 1.82. The molecular weight excluding hydrogens is 238 g/mol. The number of carbonyl (C=O) groups is 1. The van der Waals surface area contributed by atoms with Crippen LogP contribution in [0.2, 0.25) is 0 Å². The molecule has 4 heteroatoms. The van der Waals surface area contributed by atoms with E-state index in [9.17, 15) is 4.79 Å². The molecular formula is C15H21N3O. The van der Waals surface area contributed by atoms with Crippen LogP contribution in [0.3, 0.4) is 0 Å². The van der Waals surface area contributed by atoms with Crippen molar-refractivity contribution in [2.24, 2.45) is 5.92 Å². The van der Waals surface area contributed by atoms with Crippen molar-refractivity contribution in [1.82, 2.24) is 9.88 Å². The van der Waals surface area contributed by atoms with Crippen LogP contribution in [-0.2, 0) is 0 Å². The van der Waals surface area contributed by atoms with Crippen molar-refractivity contribution in [2.45, 2.75) is 26.2 Å². The van der Waals surface area contributed by atoms with Crippen molar-refractivity contribution >= 4 is 11.7 Å². The monoisotopic (exact) mass is 259 g/mol. The highest BCUT2D eigenvalue weighted by atomic mass is 16.2. The van der Waals surface area contributed by atoms with Gasteiger partial charge in [0.2, 0.25) is 0 Å². The molecule has 4 nitrogen and oxygen atoms in total. The zero-order chi connectivity index (χ0) is 13.2. The van der Waals surface area contributed by atoms with Gasteiger partial charge in [-0.1, -0.05) is 6.92 Å². The number of pyridine rings is 1. The van der Waals surface area contributed by atoms with Crippen molar-refractivity contribution in [3.05, 3.63) is 23.9 Å². The van der Waals surface area contributed by atoms with Crippen LogP contribution in [0.15, 0.2) is 18.3 Å². The molecule has 2 aliphatic rings. The molecule has 0 spiro atoms. The lowest BCUT2D eigenvalue weighted by Gasteiger charge is -2.38. The topological polar surface area (TPSA) is 36.4 Å². The minimum atomic E-state index is 0.145. The molecule has 1 aromatic heterocycles. The lowest BCUT2D eigenvalue weighted by Crippen LogP contribution is -2.49. The van der Waals surface area contributed by atoms with Crippen LogP contribution in [0.1, 0.15) is 36.5 Å². The fourth-order valence-electron chi connectivity index (χ4n) is 2.96. The second-order valence-electron chi connectivity index (χ2n) is 5.74. The normalized spacial score (nSPS) is 20.3. The van der Waals surface area contributed by atoms with Gasteiger partial charge in [-0.2, -0.15) is 0 Å². The van der Waals surface area contributed by atoms with Gasteiger partial charge in [-0.15, -0.1) is 0 Å². The van der Waals surface area contributed by atoms with Crippen molar-refractivity contribution in [3.63, 3.8) is 0 Å². The van der Waals surface area contributed by atoms with Crippen molar-refractivity contribution in [3.8, 4) is 0 Å². The Morgan fingerprint density at radius 1 is 1.26 bits per heavy atom. The Morgan fingerprint density at radius 3 is 2.68 bits per heavy atom. The third kappa shape index (κ3) is 2.44. The summed E-state index contributed by atoms with van der Waals surface area (Å²) in [4.78, 5) is 21.1. The molecule has 0 bridgehead atoms. The van der Waals surface area contributed by atoms with E-state index in [4.69, 9.17) is 0 Å². The number of carbonyl (C=O) groups excluding carboxylic acids is 1. The Kier molecular flexibility index (Phi) is 3.40. The van der Waals surface area contributed by atoms with Crippen molar-refractivity contribution in [1.29, 1.82) is 0 Å². The zero-order valence-corrected chi connectivity index (χ0v) is 11.5. The Hall–Kier alpha value is -1.58. The highest BCUT2D eigenvalue weighted by Gasteiger charge is 2.30. The molecule has 0 N–H and O–H groups in total. The molecule has 0 aliphatic carbocycles. The molecule has 19 heavy (non-hydrogen) atoms. The van der Waals surface area contributed by atoms with Crippen LogP contribution in [0.5, 0.6) is 0 Å². The number of rotatable bonds is 2. The average molecular weight is 259 g/mol. The van der Waals surface area contributed by atoms with Gasteiger partial charge in [0.25, 0.3) is 5.91 Å². The summed E-state index contributed by atoms with van der Waals surface area (Å²) in [7, 11) is 0. The van der Waals surface area contributed by atoms with Crippen molar-refractivity contribution in [2.75, 3.05) is 31.1 Å². The maximum atomic E-state index is 12.5. The van der Waals surface area contributed by atoms with Crippen LogP contribution in [0.25, 0.3) is 0 Å². The third-order valence-electron chi connectivity index (χ3n) is 4.02. The first-order chi connectivity index (χ1) is 9.25. The number of nitrogens with zero attached hydrogens (tertiary/aromatic N) is 3. The molecule has 0 unspecified atom stereocenters. The minimum Gasteiger partial charge on any atom is -0.356 e. The number of likely N-dealkylation sites (tertiary alicyclic amines) is 1. The summed E-state index contributed by atoms with van der Waals surface area (Å²) in [5.74, 6) is 1.66. The van der Waals surface area contributed by atoms with E-state index in [1.165, 1.54) is 19.3 Å². The smallest absolute Gasteiger partial charge is 0.257 e. The molecule has 1 aromatic rings. The molecule has 0 atom stereocenters. The molecule has 2 fully saturated rings. The summed E-state index contributed by atoms with van der Waals surface area (Å²) in [5, 5.41) is 0. The Bertz CT molecular complexity index is 462. The second-order valence-corrected chi connectivity index (χ2v) is 5.74. The van der Waals surface area contributed by atoms with E-state index in [0.29, 0.717) is 5.92 Å². The van der Waals surface area contributed by atoms with Gasteiger partial charge in [0.1, 0.15) is 5.82 Å². The van der Waals surface area contributed by atoms with Gasteiger partial charge in [-0.3, -0.25) is 4.79 Å². The minimum absolute atomic E-state index is 0.145. The second kappa shape index (κ2) is 5.19. The summed E-state index contributed by atoms with van der Waals surface area (Å²) < 4.78 is 0. The SMILES string of the molecule is CC1CN(C(=O)c2cccnc2N2CCCCC2)C1. The summed E-state index contributed by atoms with van der Waals surface area (Å²) >= 11 is 0. The maximum Gasteiger partial charge on any atom is 0.257 e. The van der Waals surface area contributed by atoms with Gasteiger partial charge < -0.3 is 9.80 Å². The fourth-order valence-corrected chi connectivity index (χ4v) is 2.96. The number of hydrogen-bond acceptors (Lipinski definition) is 3. The first kappa shape index (κ1) is 12.5. The standard InChI is InChI=1S/C15H21N3O/c1-12-10-18(11-12)15(19)13-6-5-7-16-14(13)17-8-3-2-4-9-17/h5-7,12H,2-4,8-11H2,1H3. The number of piperidine rings is 1. The molecule has 1 amide bonds. The molecule has 0 radical (unpaired) electrons. The van der Waals surface area contributed by atoms with E-state index in [1.54, 1.807) is 6.20 Å². The first-order valence-electron chi connectivity index (χ1n) is 7.25. The Labute approximate surface area is 114 Å². The lowest BCUT2D eigenvalue weighted by molar-refractivity contribution is 0.0530. The maximum absolute atomic E-state index is 12.5. The third-order valence-corrected chi connectivity index (χ3v) is 4.02. The van der Waals surface area contributed by atoms with Gasteiger partial charge in [0.05, 0.1) is 5.56 Å². The number of aromatic nitrogens is 1. The van der Waals surface area contributed by atoms with E-state index < -0.39 is 0 Å². The number of hydrogen-bond donors (Lipinski definition) is 0.